The number of benzene rings is 1. The number of allylic oxidation sites excluding steroid dienone is 1. The van der Waals surface area contributed by atoms with Crippen LogP contribution in [0.15, 0.2) is 35.9 Å². The van der Waals surface area contributed by atoms with Gasteiger partial charge in [0.2, 0.25) is 0 Å². The monoisotopic (exact) mass is 259 g/mol. The Morgan fingerprint density at radius 1 is 1.16 bits per heavy atom. The second-order valence-electron chi connectivity index (χ2n) is 5.18. The van der Waals surface area contributed by atoms with Gasteiger partial charge in [-0.2, -0.15) is 0 Å². The van der Waals surface area contributed by atoms with Gasteiger partial charge >= 0.3 is 0 Å². The van der Waals surface area contributed by atoms with E-state index in [9.17, 15) is 0 Å². The van der Waals surface area contributed by atoms with Crippen molar-refractivity contribution in [1.82, 2.24) is 0 Å². The normalized spacial score (nSPS) is 20.8. The molecule has 0 saturated heterocycles. The van der Waals surface area contributed by atoms with Crippen LogP contribution in [0.4, 0.5) is 0 Å². The zero-order valence-corrected chi connectivity index (χ0v) is 11.9. The highest BCUT2D eigenvalue weighted by Gasteiger charge is 2.16. The number of para-hydroxylation sites is 1. The standard InChI is InChI=1S/C17H25NO/c1-2-19-16-13-9-8-12-15(16)17(18)14-10-6-4-3-5-7-11-14/h8-10,12-13,17H,2-7,11,18H2,1H3/b14-10+. The number of hydrogen-bond acceptors (Lipinski definition) is 2. The minimum atomic E-state index is -0.0131. The van der Waals surface area contributed by atoms with E-state index < -0.39 is 0 Å². The highest BCUT2D eigenvalue weighted by Crippen LogP contribution is 2.32. The number of ether oxygens (including phenoxy) is 1. The van der Waals surface area contributed by atoms with Gasteiger partial charge in [0.1, 0.15) is 5.75 Å². The molecule has 1 aromatic carbocycles. The van der Waals surface area contributed by atoms with Gasteiger partial charge in [-0.25, -0.2) is 0 Å². The van der Waals surface area contributed by atoms with Crippen LogP contribution in [0.3, 0.4) is 0 Å². The topological polar surface area (TPSA) is 35.2 Å². The maximum absolute atomic E-state index is 6.47. The van der Waals surface area contributed by atoms with Gasteiger partial charge in [-0.1, -0.05) is 42.7 Å². The van der Waals surface area contributed by atoms with E-state index in [4.69, 9.17) is 10.5 Å². The molecular formula is C17H25NO. The highest BCUT2D eigenvalue weighted by molar-refractivity contribution is 5.40. The third kappa shape index (κ3) is 3.84. The molecule has 0 bridgehead atoms. The number of rotatable bonds is 4. The minimum Gasteiger partial charge on any atom is -0.494 e. The summed E-state index contributed by atoms with van der Waals surface area (Å²) < 4.78 is 5.70. The first-order chi connectivity index (χ1) is 9.33. The van der Waals surface area contributed by atoms with E-state index in [1.165, 1.54) is 37.7 Å². The van der Waals surface area contributed by atoms with Gasteiger partial charge in [-0.05, 0) is 38.7 Å². The van der Waals surface area contributed by atoms with Crippen LogP contribution in [0.5, 0.6) is 5.75 Å². The lowest BCUT2D eigenvalue weighted by Crippen LogP contribution is -2.15. The molecule has 2 heteroatoms. The Morgan fingerprint density at radius 2 is 1.95 bits per heavy atom. The lowest BCUT2D eigenvalue weighted by molar-refractivity contribution is 0.335. The molecule has 0 amide bonds. The lowest BCUT2D eigenvalue weighted by Gasteiger charge is -2.21. The molecular weight excluding hydrogens is 234 g/mol. The molecule has 0 aromatic heterocycles. The van der Waals surface area contributed by atoms with Crippen molar-refractivity contribution in [2.45, 2.75) is 51.5 Å². The van der Waals surface area contributed by atoms with Gasteiger partial charge in [0.15, 0.2) is 0 Å². The van der Waals surface area contributed by atoms with E-state index in [-0.39, 0.29) is 6.04 Å². The van der Waals surface area contributed by atoms with Crippen LogP contribution in [-0.4, -0.2) is 6.61 Å². The molecule has 0 fully saturated rings. The summed E-state index contributed by atoms with van der Waals surface area (Å²) in [6, 6.07) is 8.15. The second kappa shape index (κ2) is 7.34. The van der Waals surface area contributed by atoms with Crippen molar-refractivity contribution in [3.8, 4) is 5.75 Å². The fourth-order valence-electron chi connectivity index (χ4n) is 2.72. The van der Waals surface area contributed by atoms with Gasteiger partial charge in [-0.3, -0.25) is 0 Å². The van der Waals surface area contributed by atoms with Crippen LogP contribution in [0.2, 0.25) is 0 Å². The molecule has 1 aliphatic carbocycles. The molecule has 19 heavy (non-hydrogen) atoms. The zero-order chi connectivity index (χ0) is 13.5. The lowest BCUT2D eigenvalue weighted by atomic mass is 9.91. The summed E-state index contributed by atoms with van der Waals surface area (Å²) in [6.45, 7) is 2.69. The van der Waals surface area contributed by atoms with Crippen molar-refractivity contribution in [3.05, 3.63) is 41.5 Å². The Morgan fingerprint density at radius 3 is 2.79 bits per heavy atom. The summed E-state index contributed by atoms with van der Waals surface area (Å²) >= 11 is 0. The predicted octanol–water partition coefficient (Wildman–Crippen LogP) is 4.37. The van der Waals surface area contributed by atoms with E-state index >= 15 is 0 Å². The summed E-state index contributed by atoms with van der Waals surface area (Å²) in [6.07, 6.45) is 9.89. The fourth-order valence-corrected chi connectivity index (χ4v) is 2.72. The van der Waals surface area contributed by atoms with Gasteiger partial charge in [-0.15, -0.1) is 0 Å². The molecule has 1 aliphatic rings. The van der Waals surface area contributed by atoms with Crippen molar-refractivity contribution in [2.24, 2.45) is 5.73 Å². The van der Waals surface area contributed by atoms with E-state index in [0.717, 1.165) is 17.7 Å². The first-order valence-electron chi connectivity index (χ1n) is 7.49. The van der Waals surface area contributed by atoms with Gasteiger partial charge < -0.3 is 10.5 Å². The van der Waals surface area contributed by atoms with E-state index in [1.807, 2.05) is 25.1 Å². The smallest absolute Gasteiger partial charge is 0.124 e. The average molecular weight is 259 g/mol. The molecule has 0 aliphatic heterocycles. The molecule has 1 aromatic rings. The average Bonchev–Trinajstić information content (AvgIpc) is 2.39. The van der Waals surface area contributed by atoms with Crippen LogP contribution in [0, 0.1) is 0 Å². The Hall–Kier alpha value is -1.28. The summed E-state index contributed by atoms with van der Waals surface area (Å²) in [4.78, 5) is 0. The quantitative estimate of drug-likeness (QED) is 0.815. The summed E-state index contributed by atoms with van der Waals surface area (Å²) in [5.41, 5.74) is 8.98. The van der Waals surface area contributed by atoms with Crippen molar-refractivity contribution < 1.29 is 4.74 Å². The van der Waals surface area contributed by atoms with Crippen molar-refractivity contribution in [1.29, 1.82) is 0 Å². The third-order valence-corrected chi connectivity index (χ3v) is 3.78. The first kappa shape index (κ1) is 14.1. The third-order valence-electron chi connectivity index (χ3n) is 3.78. The van der Waals surface area contributed by atoms with Crippen molar-refractivity contribution in [3.63, 3.8) is 0 Å². The molecule has 2 N–H and O–H groups in total. The zero-order valence-electron chi connectivity index (χ0n) is 11.9. The summed E-state index contributed by atoms with van der Waals surface area (Å²) in [5, 5.41) is 0. The molecule has 104 valence electrons. The Labute approximate surface area is 116 Å². The summed E-state index contributed by atoms with van der Waals surface area (Å²) in [7, 11) is 0. The second-order valence-corrected chi connectivity index (χ2v) is 5.18. The molecule has 2 rings (SSSR count). The SMILES string of the molecule is CCOc1ccccc1C(N)/C1=C/CCCCCC1. The molecule has 1 unspecified atom stereocenters. The van der Waals surface area contributed by atoms with E-state index in [1.54, 1.807) is 0 Å². The van der Waals surface area contributed by atoms with Crippen molar-refractivity contribution >= 4 is 0 Å². The molecule has 0 heterocycles. The predicted molar refractivity (Wildman–Crippen MR) is 80.3 cm³/mol. The van der Waals surface area contributed by atoms with E-state index in [2.05, 4.69) is 12.1 Å². The summed E-state index contributed by atoms with van der Waals surface area (Å²) in [5.74, 6) is 0.931. The molecule has 0 radical (unpaired) electrons. The molecule has 1 atom stereocenters. The Balaban J connectivity index is 2.19. The highest BCUT2D eigenvalue weighted by atomic mass is 16.5. The van der Waals surface area contributed by atoms with Crippen LogP contribution < -0.4 is 10.5 Å². The minimum absolute atomic E-state index is 0.0131. The number of hydrogen-bond donors (Lipinski definition) is 1. The van der Waals surface area contributed by atoms with Crippen LogP contribution in [0.1, 0.15) is 57.1 Å². The van der Waals surface area contributed by atoms with Crippen LogP contribution in [0.25, 0.3) is 0 Å². The fraction of sp³-hybridized carbons (Fsp3) is 0.529. The van der Waals surface area contributed by atoms with Gasteiger partial charge in [0.05, 0.1) is 12.6 Å². The molecule has 2 nitrogen and oxygen atoms in total. The van der Waals surface area contributed by atoms with Gasteiger partial charge in [0, 0.05) is 5.56 Å². The maximum Gasteiger partial charge on any atom is 0.124 e. The van der Waals surface area contributed by atoms with E-state index in [0.29, 0.717) is 6.61 Å². The molecule has 0 spiro atoms. The largest absolute Gasteiger partial charge is 0.494 e. The molecule has 0 saturated carbocycles. The number of nitrogens with two attached hydrogens (primary N) is 1. The van der Waals surface area contributed by atoms with Gasteiger partial charge in [0.25, 0.3) is 0 Å². The van der Waals surface area contributed by atoms with Crippen LogP contribution >= 0.6 is 0 Å². The maximum atomic E-state index is 6.47. The van der Waals surface area contributed by atoms with Crippen molar-refractivity contribution in [2.75, 3.05) is 6.61 Å². The Bertz CT molecular complexity index is 425. The first-order valence-corrected chi connectivity index (χ1v) is 7.49. The van der Waals surface area contributed by atoms with Crippen LogP contribution in [-0.2, 0) is 0 Å². The Kier molecular flexibility index (Phi) is 5.46.